The molecule has 16 heteroatoms. The van der Waals surface area contributed by atoms with E-state index in [0.717, 1.165) is 20.9 Å². The molecule has 279 valence electrons. The Balaban J connectivity index is 0.00000101. The number of likely N-dealkylation sites (tertiary alicyclic amines) is 2. The van der Waals surface area contributed by atoms with Gasteiger partial charge in [0.15, 0.2) is 5.78 Å². The van der Waals surface area contributed by atoms with Crippen molar-refractivity contribution in [2.45, 2.75) is 57.1 Å². The fourth-order valence-electron chi connectivity index (χ4n) is 6.55. The quantitative estimate of drug-likeness (QED) is 0.140. The third-order valence-corrected chi connectivity index (χ3v) is 9.16. The molecule has 2 amide bonds. The number of carbonyl (C=O) groups excluding carboxylic acids is 5. The largest absolute Gasteiger partial charge is 1.00 e. The monoisotopic (exact) mass is 749 g/mol. The van der Waals surface area contributed by atoms with E-state index in [2.05, 4.69) is 13.2 Å². The number of esters is 2. The number of ether oxygens (including phenoxy) is 4. The van der Waals surface area contributed by atoms with Gasteiger partial charge in [0.2, 0.25) is 0 Å². The second-order valence-electron chi connectivity index (χ2n) is 12.2. The van der Waals surface area contributed by atoms with Crippen LogP contribution in [0, 0.1) is 33.5 Å². The number of hydrogen-bond acceptors (Lipinski definition) is 12. The first kappa shape index (κ1) is 47.1. The van der Waals surface area contributed by atoms with Crippen LogP contribution in [0.25, 0.3) is 0 Å². The summed E-state index contributed by atoms with van der Waals surface area (Å²) in [5, 5.41) is 28.9. The summed E-state index contributed by atoms with van der Waals surface area (Å²) < 4.78 is 20.2. The number of β-amino-alcohol motifs (C(OH)–C–C–N with tert-alkyl or cyclic N) is 1. The second-order valence-corrected chi connectivity index (χ2v) is 12.2. The summed E-state index contributed by atoms with van der Waals surface area (Å²) in [4.78, 5) is 64.6. The third-order valence-electron chi connectivity index (χ3n) is 9.16. The van der Waals surface area contributed by atoms with Gasteiger partial charge in [0.25, 0.3) is 0 Å². The van der Waals surface area contributed by atoms with E-state index in [1.54, 1.807) is 12.1 Å². The van der Waals surface area contributed by atoms with E-state index in [1.807, 2.05) is 60.7 Å². The van der Waals surface area contributed by atoms with Crippen LogP contribution in [0.15, 0.2) is 86.0 Å². The number of aliphatic hydroxyl groups is 1. The summed E-state index contributed by atoms with van der Waals surface area (Å²) in [5.74, 6) is -1.84. The molecule has 0 bridgehead atoms. The molecule has 2 aliphatic heterocycles. The molecule has 0 aliphatic carbocycles. The summed E-state index contributed by atoms with van der Waals surface area (Å²) in [6.45, 7) is 6.85. The van der Waals surface area contributed by atoms with E-state index < -0.39 is 53.1 Å². The number of hydrogen-bond donors (Lipinski definition) is 1. The van der Waals surface area contributed by atoms with Crippen LogP contribution in [-0.4, -0.2) is 98.7 Å². The third kappa shape index (κ3) is 10.6. The first-order valence-electron chi connectivity index (χ1n) is 16.3. The zero-order valence-corrected chi connectivity index (χ0v) is 32.7. The number of methoxy groups -OCH3 is 2. The van der Waals surface area contributed by atoms with Gasteiger partial charge in [-0.1, -0.05) is 72.8 Å². The van der Waals surface area contributed by atoms with Crippen molar-refractivity contribution in [3.05, 3.63) is 97.1 Å². The van der Waals surface area contributed by atoms with Gasteiger partial charge >= 0.3 is 53.7 Å². The van der Waals surface area contributed by atoms with Gasteiger partial charge in [-0.3, -0.25) is 14.6 Å². The number of nitriles is 2. The molecule has 2 saturated heterocycles. The van der Waals surface area contributed by atoms with Crippen molar-refractivity contribution in [1.82, 2.24) is 9.80 Å². The van der Waals surface area contributed by atoms with Gasteiger partial charge in [-0.2, -0.15) is 10.5 Å². The molecule has 0 spiro atoms. The number of Topliss-reactive ketones (excluding diaryl/α,β-unsaturated/α-hetero) is 1. The van der Waals surface area contributed by atoms with Crippen molar-refractivity contribution >= 4 is 38.3 Å². The number of benzene rings is 2. The molecule has 2 aliphatic rings. The smallest absolute Gasteiger partial charge is 1.00 e. The predicted molar refractivity (Wildman–Crippen MR) is 191 cm³/mol. The maximum absolute atomic E-state index is 12.6. The Bertz CT molecular complexity index is 1710. The molecule has 54 heavy (non-hydrogen) atoms. The van der Waals surface area contributed by atoms with Crippen LogP contribution in [0.2, 0.25) is 0 Å². The molecular formula is C38H43BN4NaO10. The molecule has 3 radical (unpaired) electrons. The second kappa shape index (κ2) is 22.3. The Hall–Kier alpha value is -4.93. The van der Waals surface area contributed by atoms with E-state index in [9.17, 15) is 34.3 Å². The molecule has 14 nitrogen and oxygen atoms in total. The van der Waals surface area contributed by atoms with Crippen LogP contribution in [-0.2, 0) is 46.5 Å². The van der Waals surface area contributed by atoms with Crippen LogP contribution < -0.4 is 29.6 Å². The van der Waals surface area contributed by atoms with Crippen molar-refractivity contribution in [3.8, 4) is 12.1 Å². The first-order valence-corrected chi connectivity index (χ1v) is 16.3. The molecule has 2 fully saturated rings. The molecule has 0 unspecified atom stereocenters. The molecule has 5 atom stereocenters. The standard InChI is InChI=1S/C19H22N2O5.C19H20N2O5.B.Na.H/c2*1-3-9-19(10-11-20)15(22)12-21(16(19)17(23)25-2)18(24)26-13-14-7-5-4-6-8-14;;;/h3-8,15-16,22H,1,9-10,12-13H2,2H3;3-8,16H,1,9-10,12-13H2,2H3;;;/q;;;+1;-1/t15-,16-,19+;16-,19+;;;/m11.../s1. The zero-order chi connectivity index (χ0) is 38.3. The number of allylic oxidation sites excluding steroid dienone is 2. The molecule has 2 heterocycles. The fraction of sp³-hybridized carbons (Fsp3) is 0.395. The van der Waals surface area contributed by atoms with E-state index in [-0.39, 0.29) is 97.2 Å². The molecule has 2 aromatic rings. The van der Waals surface area contributed by atoms with E-state index in [4.69, 9.17) is 24.2 Å². The SMILES string of the molecule is C=CC[C@]1(CC#N)C(=O)CN(C(=O)OCc2ccccc2)[C@@H]1C(=O)OC.C=CC[C@]1(CC#N)[C@H](O)CN(C(=O)OCc2ccccc2)[C@@H]1C(=O)OC.[B].[H-].[Na+]. The van der Waals surface area contributed by atoms with Crippen molar-refractivity contribution < 1.29 is 79.0 Å². The summed E-state index contributed by atoms with van der Waals surface area (Å²) in [6, 6.07) is 19.7. The van der Waals surface area contributed by atoms with Gasteiger partial charge in [-0.15, -0.1) is 13.2 Å². The summed E-state index contributed by atoms with van der Waals surface area (Å²) in [6.07, 6.45) is 0.287. The topological polar surface area (TPSA) is 197 Å². The molecule has 0 aromatic heterocycles. The molecule has 1 N–H and O–H groups in total. The summed E-state index contributed by atoms with van der Waals surface area (Å²) in [5.41, 5.74) is -0.968. The van der Waals surface area contributed by atoms with Crippen molar-refractivity contribution in [1.29, 1.82) is 10.5 Å². The van der Waals surface area contributed by atoms with Crippen LogP contribution in [0.3, 0.4) is 0 Å². The Morgan fingerprint density at radius 2 is 1.30 bits per heavy atom. The van der Waals surface area contributed by atoms with Crippen molar-refractivity contribution in [2.24, 2.45) is 10.8 Å². The van der Waals surface area contributed by atoms with E-state index in [0.29, 0.717) is 0 Å². The van der Waals surface area contributed by atoms with E-state index >= 15 is 0 Å². The molecule has 4 rings (SSSR count). The van der Waals surface area contributed by atoms with E-state index in [1.165, 1.54) is 26.4 Å². The average Bonchev–Trinajstić information content (AvgIpc) is 3.60. The molecular weight excluding hydrogens is 706 g/mol. The number of rotatable bonds is 12. The minimum Gasteiger partial charge on any atom is -1.00 e. The number of aliphatic hydroxyl groups excluding tert-OH is 1. The number of amides is 2. The van der Waals surface area contributed by atoms with Gasteiger partial charge in [-0.25, -0.2) is 19.2 Å². The maximum atomic E-state index is 12.6. The molecule has 2 aromatic carbocycles. The number of carbonyl (C=O) groups is 5. The minimum absolute atomic E-state index is 0. The Labute approximate surface area is 340 Å². The van der Waals surface area contributed by atoms with Gasteiger partial charge in [-0.05, 0) is 24.0 Å². The van der Waals surface area contributed by atoms with Gasteiger partial charge in [0.1, 0.15) is 25.3 Å². The Kier molecular flexibility index (Phi) is 19.5. The molecule has 0 saturated carbocycles. The van der Waals surface area contributed by atoms with Gasteiger partial charge in [0.05, 0.1) is 57.4 Å². The average molecular weight is 750 g/mol. The summed E-state index contributed by atoms with van der Waals surface area (Å²) in [7, 11) is 2.37. The van der Waals surface area contributed by atoms with Gasteiger partial charge < -0.3 is 25.5 Å². The van der Waals surface area contributed by atoms with Crippen LogP contribution in [0.4, 0.5) is 9.59 Å². The Morgan fingerprint density at radius 1 is 0.833 bits per heavy atom. The zero-order valence-electron chi connectivity index (χ0n) is 31.7. The Morgan fingerprint density at radius 3 is 1.74 bits per heavy atom. The number of nitrogens with zero attached hydrogens (tertiary/aromatic N) is 4. The minimum atomic E-state index is -1.37. The normalized spacial score (nSPS) is 22.3. The predicted octanol–water partition coefficient (Wildman–Crippen LogP) is 0.979. The maximum Gasteiger partial charge on any atom is 1.00 e. The van der Waals surface area contributed by atoms with Crippen molar-refractivity contribution in [2.75, 3.05) is 27.3 Å². The van der Waals surface area contributed by atoms with Gasteiger partial charge in [0, 0.05) is 20.2 Å². The fourth-order valence-corrected chi connectivity index (χ4v) is 6.55. The first-order chi connectivity index (χ1) is 25.0. The van der Waals surface area contributed by atoms with Crippen molar-refractivity contribution in [3.63, 3.8) is 0 Å². The van der Waals surface area contributed by atoms with Crippen LogP contribution in [0.5, 0.6) is 0 Å². The number of ketones is 1. The van der Waals surface area contributed by atoms with Crippen LogP contribution >= 0.6 is 0 Å². The summed E-state index contributed by atoms with van der Waals surface area (Å²) >= 11 is 0. The van der Waals surface area contributed by atoms with Crippen LogP contribution in [0.1, 0.15) is 38.2 Å².